The van der Waals surface area contributed by atoms with E-state index in [9.17, 15) is 8.78 Å². The summed E-state index contributed by atoms with van der Waals surface area (Å²) < 4.78 is 27.6. The quantitative estimate of drug-likeness (QED) is 0.918. The van der Waals surface area contributed by atoms with Crippen molar-refractivity contribution in [2.45, 2.75) is 38.1 Å². The number of hydrogen-bond donors (Lipinski definition) is 1. The number of piperazine rings is 1. The van der Waals surface area contributed by atoms with Crippen LogP contribution in [0.25, 0.3) is 0 Å². The Kier molecular flexibility index (Phi) is 4.86. The highest BCUT2D eigenvalue weighted by atomic mass is 19.1. The van der Waals surface area contributed by atoms with Crippen LogP contribution in [0.4, 0.5) is 8.78 Å². The van der Waals surface area contributed by atoms with E-state index in [2.05, 4.69) is 10.2 Å². The zero-order valence-corrected chi connectivity index (χ0v) is 12.5. The molecule has 21 heavy (non-hydrogen) atoms. The molecule has 1 aromatic carbocycles. The van der Waals surface area contributed by atoms with Gasteiger partial charge in [0.15, 0.2) is 0 Å². The molecule has 0 radical (unpaired) electrons. The van der Waals surface area contributed by atoms with Crippen LogP contribution < -0.4 is 5.32 Å². The molecule has 116 valence electrons. The first kappa shape index (κ1) is 14.9. The SMILES string of the molecule is Fc1ccc([C@H](C2CCCCC2)N2CCNCC2)c(F)c1. The van der Waals surface area contributed by atoms with Gasteiger partial charge in [-0.05, 0) is 24.8 Å². The topological polar surface area (TPSA) is 15.3 Å². The first-order valence-corrected chi connectivity index (χ1v) is 8.15. The summed E-state index contributed by atoms with van der Waals surface area (Å²) in [5, 5.41) is 3.35. The van der Waals surface area contributed by atoms with Crippen molar-refractivity contribution in [2.75, 3.05) is 26.2 Å². The molecule has 1 N–H and O–H groups in total. The fourth-order valence-electron chi connectivity index (χ4n) is 3.90. The number of hydrogen-bond acceptors (Lipinski definition) is 2. The Labute approximate surface area is 125 Å². The maximum atomic E-state index is 14.3. The predicted molar refractivity (Wildman–Crippen MR) is 80.1 cm³/mol. The monoisotopic (exact) mass is 294 g/mol. The molecule has 0 amide bonds. The number of benzene rings is 1. The van der Waals surface area contributed by atoms with Crippen molar-refractivity contribution in [3.05, 3.63) is 35.4 Å². The Morgan fingerprint density at radius 1 is 1.05 bits per heavy atom. The lowest BCUT2D eigenvalue weighted by atomic mass is 9.80. The summed E-state index contributed by atoms with van der Waals surface area (Å²) in [6.45, 7) is 3.79. The van der Waals surface area contributed by atoms with Crippen molar-refractivity contribution < 1.29 is 8.78 Å². The first-order chi connectivity index (χ1) is 10.3. The van der Waals surface area contributed by atoms with E-state index >= 15 is 0 Å². The molecule has 1 heterocycles. The normalized spacial score (nSPS) is 23.1. The van der Waals surface area contributed by atoms with Gasteiger partial charge in [0.1, 0.15) is 11.6 Å². The molecule has 1 saturated heterocycles. The van der Waals surface area contributed by atoms with Gasteiger partial charge < -0.3 is 5.32 Å². The largest absolute Gasteiger partial charge is 0.314 e. The molecule has 4 heteroatoms. The Hall–Kier alpha value is -1.00. The van der Waals surface area contributed by atoms with Gasteiger partial charge >= 0.3 is 0 Å². The maximum absolute atomic E-state index is 14.3. The minimum absolute atomic E-state index is 0.105. The van der Waals surface area contributed by atoms with E-state index in [0.29, 0.717) is 11.5 Å². The molecule has 0 aromatic heterocycles. The smallest absolute Gasteiger partial charge is 0.130 e. The van der Waals surface area contributed by atoms with E-state index in [4.69, 9.17) is 0 Å². The average molecular weight is 294 g/mol. The van der Waals surface area contributed by atoms with E-state index < -0.39 is 5.82 Å². The molecule has 2 aliphatic rings. The summed E-state index contributed by atoms with van der Waals surface area (Å²) in [4.78, 5) is 2.39. The second kappa shape index (κ2) is 6.84. The van der Waals surface area contributed by atoms with Gasteiger partial charge in [-0.15, -0.1) is 0 Å². The molecular weight excluding hydrogens is 270 g/mol. The van der Waals surface area contributed by atoms with Crippen LogP contribution in [0.5, 0.6) is 0 Å². The van der Waals surface area contributed by atoms with Crippen molar-refractivity contribution in [3.8, 4) is 0 Å². The van der Waals surface area contributed by atoms with Crippen LogP contribution in [0.15, 0.2) is 18.2 Å². The number of halogens is 2. The van der Waals surface area contributed by atoms with E-state index in [1.54, 1.807) is 6.07 Å². The van der Waals surface area contributed by atoms with E-state index in [0.717, 1.165) is 45.1 Å². The lowest BCUT2D eigenvalue weighted by Crippen LogP contribution is -2.47. The van der Waals surface area contributed by atoms with Crippen LogP contribution in [0, 0.1) is 17.6 Å². The molecule has 1 aliphatic carbocycles. The molecule has 0 unspecified atom stereocenters. The van der Waals surface area contributed by atoms with E-state index in [1.165, 1.54) is 25.3 Å². The first-order valence-electron chi connectivity index (χ1n) is 8.15. The summed E-state index contributed by atoms with van der Waals surface area (Å²) in [5.74, 6) is -0.375. The van der Waals surface area contributed by atoms with Crippen LogP contribution in [-0.2, 0) is 0 Å². The fraction of sp³-hybridized carbons (Fsp3) is 0.647. The van der Waals surface area contributed by atoms with Crippen molar-refractivity contribution in [1.82, 2.24) is 10.2 Å². The van der Waals surface area contributed by atoms with Crippen molar-refractivity contribution in [3.63, 3.8) is 0 Å². The molecule has 1 aromatic rings. The zero-order valence-electron chi connectivity index (χ0n) is 12.5. The van der Waals surface area contributed by atoms with Gasteiger partial charge in [0.05, 0.1) is 0 Å². The minimum Gasteiger partial charge on any atom is -0.314 e. The second-order valence-corrected chi connectivity index (χ2v) is 6.29. The number of rotatable bonds is 3. The summed E-state index contributed by atoms with van der Waals surface area (Å²) in [6, 6.07) is 4.20. The third kappa shape index (κ3) is 3.43. The second-order valence-electron chi connectivity index (χ2n) is 6.29. The van der Waals surface area contributed by atoms with Gasteiger partial charge in [0, 0.05) is 43.9 Å². The Morgan fingerprint density at radius 3 is 2.43 bits per heavy atom. The Bertz CT molecular complexity index is 448. The third-order valence-electron chi connectivity index (χ3n) is 4.92. The van der Waals surface area contributed by atoms with Crippen LogP contribution in [-0.4, -0.2) is 31.1 Å². The zero-order chi connectivity index (χ0) is 14.7. The summed E-state index contributed by atoms with van der Waals surface area (Å²) in [5.41, 5.74) is 0.685. The Balaban J connectivity index is 1.89. The molecular formula is C17H24F2N2. The molecule has 3 rings (SSSR count). The van der Waals surface area contributed by atoms with Gasteiger partial charge in [0.25, 0.3) is 0 Å². The molecule has 1 saturated carbocycles. The van der Waals surface area contributed by atoms with Gasteiger partial charge in [-0.25, -0.2) is 8.78 Å². The van der Waals surface area contributed by atoms with Gasteiger partial charge in [-0.2, -0.15) is 0 Å². The maximum Gasteiger partial charge on any atom is 0.130 e. The summed E-state index contributed by atoms with van der Waals surface area (Å²) >= 11 is 0. The molecule has 1 atom stereocenters. The highest BCUT2D eigenvalue weighted by Crippen LogP contribution is 2.39. The highest BCUT2D eigenvalue weighted by Gasteiger charge is 2.32. The number of nitrogens with zero attached hydrogens (tertiary/aromatic N) is 1. The van der Waals surface area contributed by atoms with Crippen molar-refractivity contribution in [1.29, 1.82) is 0 Å². The molecule has 2 fully saturated rings. The summed E-state index contributed by atoms with van der Waals surface area (Å²) in [6.07, 6.45) is 6.07. The Morgan fingerprint density at radius 2 is 1.76 bits per heavy atom. The average Bonchev–Trinajstić information content (AvgIpc) is 2.52. The van der Waals surface area contributed by atoms with Gasteiger partial charge in [0.2, 0.25) is 0 Å². The lowest BCUT2D eigenvalue weighted by molar-refractivity contribution is 0.100. The summed E-state index contributed by atoms with van der Waals surface area (Å²) in [7, 11) is 0. The lowest BCUT2D eigenvalue weighted by Gasteiger charge is -2.41. The van der Waals surface area contributed by atoms with Crippen LogP contribution in [0.3, 0.4) is 0 Å². The van der Waals surface area contributed by atoms with E-state index in [1.807, 2.05) is 0 Å². The number of nitrogens with one attached hydrogen (secondary N) is 1. The molecule has 1 aliphatic heterocycles. The molecule has 0 spiro atoms. The highest BCUT2D eigenvalue weighted by molar-refractivity contribution is 5.23. The third-order valence-corrected chi connectivity index (χ3v) is 4.92. The van der Waals surface area contributed by atoms with Crippen molar-refractivity contribution >= 4 is 0 Å². The molecule has 0 bridgehead atoms. The van der Waals surface area contributed by atoms with E-state index in [-0.39, 0.29) is 11.9 Å². The standard InChI is InChI=1S/C17H24F2N2/c18-14-6-7-15(16(19)12-14)17(13-4-2-1-3-5-13)21-10-8-20-9-11-21/h6-7,12-13,17,20H,1-5,8-11H2/t17-/m0/s1. The van der Waals surface area contributed by atoms with Crippen LogP contribution >= 0.6 is 0 Å². The predicted octanol–water partition coefficient (Wildman–Crippen LogP) is 3.49. The van der Waals surface area contributed by atoms with Crippen LogP contribution in [0.1, 0.15) is 43.7 Å². The van der Waals surface area contributed by atoms with Gasteiger partial charge in [-0.1, -0.05) is 25.3 Å². The van der Waals surface area contributed by atoms with Crippen molar-refractivity contribution in [2.24, 2.45) is 5.92 Å². The van der Waals surface area contributed by atoms with Gasteiger partial charge in [-0.3, -0.25) is 4.90 Å². The fourth-order valence-corrected chi connectivity index (χ4v) is 3.90. The minimum atomic E-state index is -0.487. The molecule has 2 nitrogen and oxygen atoms in total. The van der Waals surface area contributed by atoms with Crippen LogP contribution in [0.2, 0.25) is 0 Å².